The Morgan fingerprint density at radius 3 is 2.55 bits per heavy atom. The number of thioether (sulfide) groups is 1. The van der Waals surface area contributed by atoms with Gasteiger partial charge in [-0.05, 0) is 43.8 Å². The summed E-state index contributed by atoms with van der Waals surface area (Å²) >= 11 is 1.81. The second kappa shape index (κ2) is 8.20. The average Bonchev–Trinajstić information content (AvgIpc) is 2.45. The zero-order valence-corrected chi connectivity index (χ0v) is 15.2. The summed E-state index contributed by atoms with van der Waals surface area (Å²) in [6.07, 6.45) is 5.17. The van der Waals surface area contributed by atoms with Crippen LogP contribution >= 0.6 is 11.8 Å². The van der Waals surface area contributed by atoms with E-state index in [1.165, 1.54) is 7.11 Å². The molecule has 1 amide bonds. The van der Waals surface area contributed by atoms with E-state index in [0.717, 1.165) is 19.3 Å². The smallest absolute Gasteiger partial charge is 0.346 e. The fraction of sp³-hybridized carbons (Fsp3) is 0.875. The van der Waals surface area contributed by atoms with Crippen LogP contribution in [0.5, 0.6) is 0 Å². The lowest BCUT2D eigenvalue weighted by atomic mass is 9.81. The molecular weight excluding hydrogens is 300 g/mol. The number of hydrogen-bond acceptors (Lipinski definition) is 5. The second-order valence-electron chi connectivity index (χ2n) is 6.81. The van der Waals surface area contributed by atoms with E-state index in [2.05, 4.69) is 18.5 Å². The Hall–Kier alpha value is -0.750. The molecule has 0 radical (unpaired) electrons. The van der Waals surface area contributed by atoms with Crippen molar-refractivity contribution in [3.8, 4) is 0 Å². The van der Waals surface area contributed by atoms with Crippen LogP contribution in [0.4, 0.5) is 0 Å². The quantitative estimate of drug-likeness (QED) is 0.576. The molecular formula is C16H30N2O3S. The van der Waals surface area contributed by atoms with Gasteiger partial charge in [0.25, 0.3) is 0 Å². The van der Waals surface area contributed by atoms with Crippen molar-refractivity contribution in [1.82, 2.24) is 5.32 Å². The maximum atomic E-state index is 12.6. The van der Waals surface area contributed by atoms with E-state index in [1.54, 1.807) is 0 Å². The van der Waals surface area contributed by atoms with E-state index in [9.17, 15) is 9.59 Å². The lowest BCUT2D eigenvalue weighted by molar-refractivity contribution is -0.152. The van der Waals surface area contributed by atoms with Gasteiger partial charge < -0.3 is 10.1 Å². The normalized spacial score (nSPS) is 28.0. The third-order valence-corrected chi connectivity index (χ3v) is 5.68. The number of carbonyl (C=O) groups is 2. The predicted molar refractivity (Wildman–Crippen MR) is 90.3 cm³/mol. The standard InChI is InChI=1S/C16H30N2O3S/c1-10(2)9-16(17,15(20)21-4)18-14(19)12-7-6-11(3)13(8-12)22-5/h10-13H,6-9,17H2,1-5H3,(H,18,19). The summed E-state index contributed by atoms with van der Waals surface area (Å²) in [5.41, 5.74) is 4.71. The molecule has 1 aliphatic carbocycles. The Morgan fingerprint density at radius 2 is 2.05 bits per heavy atom. The van der Waals surface area contributed by atoms with Crippen molar-refractivity contribution in [2.45, 2.75) is 57.4 Å². The molecule has 4 atom stereocenters. The third kappa shape index (κ3) is 4.88. The number of esters is 1. The van der Waals surface area contributed by atoms with Gasteiger partial charge in [0, 0.05) is 11.2 Å². The van der Waals surface area contributed by atoms with Gasteiger partial charge in [-0.2, -0.15) is 11.8 Å². The number of hydrogen-bond donors (Lipinski definition) is 2. The maximum absolute atomic E-state index is 12.6. The van der Waals surface area contributed by atoms with Gasteiger partial charge in [-0.1, -0.05) is 20.8 Å². The molecule has 3 N–H and O–H groups in total. The lowest BCUT2D eigenvalue weighted by Gasteiger charge is -2.35. The first-order valence-electron chi connectivity index (χ1n) is 7.95. The van der Waals surface area contributed by atoms with Crippen LogP contribution in [0, 0.1) is 17.8 Å². The van der Waals surface area contributed by atoms with E-state index < -0.39 is 11.6 Å². The zero-order valence-electron chi connectivity index (χ0n) is 14.3. The molecule has 0 heterocycles. The van der Waals surface area contributed by atoms with Gasteiger partial charge in [0.2, 0.25) is 5.91 Å². The molecule has 6 heteroatoms. The molecule has 0 aliphatic heterocycles. The number of amides is 1. The summed E-state index contributed by atoms with van der Waals surface area (Å²) in [4.78, 5) is 24.6. The van der Waals surface area contributed by atoms with Crippen molar-refractivity contribution in [2.75, 3.05) is 13.4 Å². The van der Waals surface area contributed by atoms with Crippen molar-refractivity contribution in [1.29, 1.82) is 0 Å². The van der Waals surface area contributed by atoms with Crippen LogP contribution in [0.3, 0.4) is 0 Å². The number of nitrogens with one attached hydrogen (secondary N) is 1. The summed E-state index contributed by atoms with van der Waals surface area (Å²) in [5.74, 6) is 0.0146. The molecule has 128 valence electrons. The van der Waals surface area contributed by atoms with Crippen molar-refractivity contribution in [2.24, 2.45) is 23.5 Å². The van der Waals surface area contributed by atoms with Crippen molar-refractivity contribution in [3.05, 3.63) is 0 Å². The van der Waals surface area contributed by atoms with Crippen molar-refractivity contribution < 1.29 is 14.3 Å². The van der Waals surface area contributed by atoms with Crippen molar-refractivity contribution in [3.63, 3.8) is 0 Å². The number of methoxy groups -OCH3 is 1. The number of carbonyl (C=O) groups excluding carboxylic acids is 2. The maximum Gasteiger partial charge on any atom is 0.346 e. The summed E-state index contributed by atoms with van der Waals surface area (Å²) in [5, 5.41) is 3.25. The van der Waals surface area contributed by atoms with E-state index >= 15 is 0 Å². The minimum Gasteiger partial charge on any atom is -0.466 e. The molecule has 1 fully saturated rings. The Labute approximate surface area is 138 Å². The molecule has 0 bridgehead atoms. The van der Waals surface area contributed by atoms with Crippen LogP contribution in [-0.2, 0) is 14.3 Å². The molecule has 0 aromatic heterocycles. The van der Waals surface area contributed by atoms with Crippen LogP contribution in [0.25, 0.3) is 0 Å². The summed E-state index contributed by atoms with van der Waals surface area (Å²) < 4.78 is 4.78. The Bertz CT molecular complexity index is 403. The first-order chi connectivity index (χ1) is 10.2. The molecule has 0 spiro atoms. The van der Waals surface area contributed by atoms with E-state index in [0.29, 0.717) is 17.6 Å². The first kappa shape index (κ1) is 19.3. The monoisotopic (exact) mass is 330 g/mol. The summed E-state index contributed by atoms with van der Waals surface area (Å²) in [6.45, 7) is 6.15. The third-order valence-electron chi connectivity index (χ3n) is 4.42. The Balaban J connectivity index is 2.76. The predicted octanol–water partition coefficient (Wildman–Crippen LogP) is 2.14. The van der Waals surface area contributed by atoms with Crippen LogP contribution in [0.2, 0.25) is 0 Å². The van der Waals surface area contributed by atoms with Gasteiger partial charge in [0.15, 0.2) is 5.66 Å². The minimum atomic E-state index is -1.43. The number of ether oxygens (including phenoxy) is 1. The Morgan fingerprint density at radius 1 is 1.41 bits per heavy atom. The minimum absolute atomic E-state index is 0.0756. The molecule has 22 heavy (non-hydrogen) atoms. The summed E-state index contributed by atoms with van der Waals surface area (Å²) in [7, 11) is 1.29. The van der Waals surface area contributed by atoms with Gasteiger partial charge in [-0.25, -0.2) is 4.79 Å². The van der Waals surface area contributed by atoms with Crippen LogP contribution < -0.4 is 11.1 Å². The Kier molecular flexibility index (Phi) is 7.19. The first-order valence-corrected chi connectivity index (χ1v) is 9.24. The van der Waals surface area contributed by atoms with Gasteiger partial charge in [-0.3, -0.25) is 10.5 Å². The highest BCUT2D eigenvalue weighted by molar-refractivity contribution is 7.99. The SMILES string of the molecule is COC(=O)C(N)(CC(C)C)NC(=O)C1CCC(C)C(SC)C1. The molecule has 1 aliphatic rings. The van der Waals surface area contributed by atoms with Crippen LogP contribution in [0.15, 0.2) is 0 Å². The van der Waals surface area contributed by atoms with E-state index in [-0.39, 0.29) is 17.7 Å². The van der Waals surface area contributed by atoms with Gasteiger partial charge in [0.05, 0.1) is 7.11 Å². The van der Waals surface area contributed by atoms with Crippen LogP contribution in [-0.4, -0.2) is 36.2 Å². The van der Waals surface area contributed by atoms with Crippen molar-refractivity contribution >= 4 is 23.6 Å². The highest BCUT2D eigenvalue weighted by Crippen LogP contribution is 2.35. The van der Waals surface area contributed by atoms with Gasteiger partial charge in [-0.15, -0.1) is 0 Å². The topological polar surface area (TPSA) is 81.4 Å². The number of nitrogens with two attached hydrogens (primary N) is 1. The van der Waals surface area contributed by atoms with Crippen LogP contribution in [0.1, 0.15) is 46.5 Å². The molecule has 1 saturated carbocycles. The highest BCUT2D eigenvalue weighted by atomic mass is 32.2. The second-order valence-corrected chi connectivity index (χ2v) is 7.89. The van der Waals surface area contributed by atoms with Gasteiger partial charge >= 0.3 is 5.97 Å². The van der Waals surface area contributed by atoms with Gasteiger partial charge in [0.1, 0.15) is 0 Å². The fourth-order valence-electron chi connectivity index (χ4n) is 3.18. The molecule has 4 unspecified atom stereocenters. The molecule has 0 aromatic carbocycles. The molecule has 5 nitrogen and oxygen atoms in total. The largest absolute Gasteiger partial charge is 0.466 e. The highest BCUT2D eigenvalue weighted by Gasteiger charge is 2.40. The lowest BCUT2D eigenvalue weighted by Crippen LogP contribution is -2.63. The average molecular weight is 330 g/mol. The zero-order chi connectivity index (χ0) is 16.9. The number of rotatable bonds is 6. The fourth-order valence-corrected chi connectivity index (χ4v) is 4.21. The van der Waals surface area contributed by atoms with E-state index in [1.807, 2.05) is 25.6 Å². The molecule has 1 rings (SSSR count). The molecule has 0 saturated heterocycles. The molecule has 0 aromatic rings. The summed E-state index contributed by atoms with van der Waals surface area (Å²) in [6, 6.07) is 0. The van der Waals surface area contributed by atoms with E-state index in [4.69, 9.17) is 10.5 Å².